The summed E-state index contributed by atoms with van der Waals surface area (Å²) in [5.41, 5.74) is 11.7. The molecule has 1 heterocycles. The number of nitrogens with zero attached hydrogens (tertiary/aromatic N) is 2. The molecule has 0 amide bonds. The molecule has 0 N–H and O–H groups in total. The Hall–Kier alpha value is -7.94. The third kappa shape index (κ3) is 5.42. The van der Waals surface area contributed by atoms with E-state index >= 15 is 0 Å². The lowest BCUT2D eigenvalue weighted by Crippen LogP contribution is -2.10. The summed E-state index contributed by atoms with van der Waals surface area (Å²) in [7, 11) is 0. The van der Waals surface area contributed by atoms with E-state index in [0.29, 0.717) is 0 Å². The van der Waals surface area contributed by atoms with Crippen LogP contribution in [0.15, 0.2) is 231 Å². The van der Waals surface area contributed by atoms with Gasteiger partial charge >= 0.3 is 0 Å². The summed E-state index contributed by atoms with van der Waals surface area (Å²) in [5, 5.41) is 12.4. The minimum Gasteiger partial charge on any atom is -0.310 e. The highest BCUT2D eigenvalue weighted by molar-refractivity contribution is 6.24. The monoisotopic (exact) mass is 762 g/mol. The van der Waals surface area contributed by atoms with Crippen molar-refractivity contribution in [3.8, 4) is 27.9 Å². The third-order valence-electron chi connectivity index (χ3n) is 12.3. The van der Waals surface area contributed by atoms with Gasteiger partial charge in [-0.2, -0.15) is 0 Å². The maximum atomic E-state index is 2.45. The molecule has 2 heteroatoms. The highest BCUT2D eigenvalue weighted by Gasteiger charge is 2.21. The molecular weight excluding hydrogens is 725 g/mol. The van der Waals surface area contributed by atoms with E-state index in [9.17, 15) is 0 Å². The Labute approximate surface area is 348 Å². The van der Waals surface area contributed by atoms with Crippen LogP contribution in [0, 0.1) is 0 Å². The topological polar surface area (TPSA) is 8.17 Å². The van der Waals surface area contributed by atoms with Gasteiger partial charge in [0.2, 0.25) is 0 Å². The van der Waals surface area contributed by atoms with E-state index in [1.807, 2.05) is 0 Å². The van der Waals surface area contributed by atoms with Crippen molar-refractivity contribution in [3.63, 3.8) is 0 Å². The molecule has 0 aliphatic heterocycles. The van der Waals surface area contributed by atoms with E-state index in [-0.39, 0.29) is 0 Å². The van der Waals surface area contributed by atoms with Crippen LogP contribution in [-0.2, 0) is 0 Å². The summed E-state index contributed by atoms with van der Waals surface area (Å²) in [6, 6.07) is 84.3. The molecule has 0 unspecified atom stereocenters. The Morgan fingerprint density at radius 3 is 1.70 bits per heavy atom. The maximum Gasteiger partial charge on any atom is 0.0625 e. The first-order valence-corrected chi connectivity index (χ1v) is 20.7. The van der Waals surface area contributed by atoms with Gasteiger partial charge in [-0.1, -0.05) is 170 Å². The van der Waals surface area contributed by atoms with Crippen molar-refractivity contribution in [2.45, 2.75) is 0 Å². The molecule has 0 saturated heterocycles. The largest absolute Gasteiger partial charge is 0.310 e. The van der Waals surface area contributed by atoms with Crippen molar-refractivity contribution in [1.29, 1.82) is 0 Å². The lowest BCUT2D eigenvalue weighted by molar-refractivity contribution is 1.19. The molecule has 11 aromatic carbocycles. The minimum atomic E-state index is 1.10. The summed E-state index contributed by atoms with van der Waals surface area (Å²) >= 11 is 0. The van der Waals surface area contributed by atoms with Crippen LogP contribution in [0.1, 0.15) is 0 Å². The quantitative estimate of drug-likeness (QED) is 0.153. The lowest BCUT2D eigenvalue weighted by atomic mass is 9.93. The zero-order chi connectivity index (χ0) is 39.6. The van der Waals surface area contributed by atoms with Crippen molar-refractivity contribution >= 4 is 82.0 Å². The molecule has 0 aliphatic carbocycles. The second kappa shape index (κ2) is 13.9. The first-order valence-electron chi connectivity index (χ1n) is 20.7. The van der Waals surface area contributed by atoms with E-state index in [2.05, 4.69) is 240 Å². The van der Waals surface area contributed by atoms with E-state index in [4.69, 9.17) is 0 Å². The highest BCUT2D eigenvalue weighted by Crippen LogP contribution is 2.46. The molecular formula is C58H38N2. The number of para-hydroxylation sites is 2. The van der Waals surface area contributed by atoms with E-state index in [1.54, 1.807) is 0 Å². The van der Waals surface area contributed by atoms with Crippen molar-refractivity contribution in [2.24, 2.45) is 0 Å². The van der Waals surface area contributed by atoms with Gasteiger partial charge in [-0.05, 0) is 115 Å². The SMILES string of the molecule is c1ccc(-n2c3ccccc3c3c(-c4cccc(N(c5ccc(-c6cc7ccccc7c7ccccc67)cc5)c5cccc6ccccc56)c4)cc4ccccc4c32)cc1. The Morgan fingerprint density at radius 2 is 0.900 bits per heavy atom. The van der Waals surface area contributed by atoms with Crippen molar-refractivity contribution in [3.05, 3.63) is 231 Å². The first kappa shape index (κ1) is 34.1. The number of hydrogen-bond acceptors (Lipinski definition) is 1. The van der Waals surface area contributed by atoms with Crippen LogP contribution >= 0.6 is 0 Å². The molecule has 60 heavy (non-hydrogen) atoms. The third-order valence-corrected chi connectivity index (χ3v) is 12.3. The fraction of sp³-hybridized carbons (Fsp3) is 0. The average molecular weight is 763 g/mol. The van der Waals surface area contributed by atoms with Gasteiger partial charge in [-0.15, -0.1) is 0 Å². The van der Waals surface area contributed by atoms with Gasteiger partial charge in [0, 0.05) is 38.6 Å². The predicted octanol–water partition coefficient (Wildman–Crippen LogP) is 16.2. The molecule has 0 atom stereocenters. The van der Waals surface area contributed by atoms with Gasteiger partial charge < -0.3 is 9.47 Å². The van der Waals surface area contributed by atoms with Crippen LogP contribution < -0.4 is 4.90 Å². The summed E-state index contributed by atoms with van der Waals surface area (Å²) in [6.45, 7) is 0. The normalized spacial score (nSPS) is 11.7. The molecule has 2 nitrogen and oxygen atoms in total. The number of rotatable bonds is 6. The van der Waals surface area contributed by atoms with Gasteiger partial charge in [-0.3, -0.25) is 0 Å². The average Bonchev–Trinajstić information content (AvgIpc) is 3.67. The van der Waals surface area contributed by atoms with Crippen molar-refractivity contribution < 1.29 is 0 Å². The molecule has 0 radical (unpaired) electrons. The Balaban J connectivity index is 1.07. The molecule has 0 spiro atoms. The van der Waals surface area contributed by atoms with Crippen LogP contribution in [0.25, 0.3) is 92.8 Å². The van der Waals surface area contributed by atoms with Crippen molar-refractivity contribution in [2.75, 3.05) is 4.90 Å². The second-order valence-corrected chi connectivity index (χ2v) is 15.7. The summed E-state index contributed by atoms with van der Waals surface area (Å²) in [4.78, 5) is 2.43. The molecule has 0 bridgehead atoms. The molecule has 1 aromatic heterocycles. The molecule has 12 aromatic rings. The molecule has 0 aliphatic rings. The Kier molecular flexibility index (Phi) is 7.89. The number of fused-ring (bicyclic) bond motifs is 9. The molecule has 0 saturated carbocycles. The van der Waals surface area contributed by atoms with E-state index < -0.39 is 0 Å². The maximum absolute atomic E-state index is 2.45. The lowest BCUT2D eigenvalue weighted by Gasteiger charge is -2.27. The summed E-state index contributed by atoms with van der Waals surface area (Å²) in [6.07, 6.45) is 0. The number of aromatic nitrogens is 1. The van der Waals surface area contributed by atoms with E-state index in [1.165, 1.54) is 87.1 Å². The predicted molar refractivity (Wildman–Crippen MR) is 256 cm³/mol. The highest BCUT2D eigenvalue weighted by atomic mass is 15.1. The van der Waals surface area contributed by atoms with Crippen molar-refractivity contribution in [1.82, 2.24) is 4.57 Å². The fourth-order valence-electron chi connectivity index (χ4n) is 9.63. The Morgan fingerprint density at radius 1 is 0.317 bits per heavy atom. The first-order chi connectivity index (χ1) is 29.8. The van der Waals surface area contributed by atoms with Gasteiger partial charge in [0.25, 0.3) is 0 Å². The number of benzene rings is 11. The molecule has 12 rings (SSSR count). The smallest absolute Gasteiger partial charge is 0.0625 e. The summed E-state index contributed by atoms with van der Waals surface area (Å²) < 4.78 is 2.45. The standard InChI is InChI=1S/C58H38N2/c1-2-21-44(22-3-1)60-56-30-13-12-29-52(56)57-54(38-43-18-6-9-26-49(43)58(57)60)41-20-14-23-46(36-41)59(55-31-15-19-39-16-4-8-25-48(39)55)45-34-32-40(33-35-45)53-37-42-17-5-7-24-47(42)50-27-10-11-28-51(50)53/h1-38H. The zero-order valence-corrected chi connectivity index (χ0v) is 32.8. The van der Waals surface area contributed by atoms with Gasteiger partial charge in [0.15, 0.2) is 0 Å². The number of hydrogen-bond donors (Lipinski definition) is 0. The fourth-order valence-corrected chi connectivity index (χ4v) is 9.63. The second-order valence-electron chi connectivity index (χ2n) is 15.7. The van der Waals surface area contributed by atoms with Gasteiger partial charge in [0.1, 0.15) is 0 Å². The van der Waals surface area contributed by atoms with E-state index in [0.717, 1.165) is 22.7 Å². The Bertz CT molecular complexity index is 3590. The molecule has 0 fully saturated rings. The van der Waals surface area contributed by atoms with Crippen LogP contribution in [0.4, 0.5) is 17.1 Å². The van der Waals surface area contributed by atoms with Gasteiger partial charge in [-0.25, -0.2) is 0 Å². The zero-order valence-electron chi connectivity index (χ0n) is 32.8. The minimum absolute atomic E-state index is 1.10. The summed E-state index contributed by atoms with van der Waals surface area (Å²) in [5.74, 6) is 0. The van der Waals surface area contributed by atoms with Crippen LogP contribution in [-0.4, -0.2) is 4.57 Å². The van der Waals surface area contributed by atoms with Crippen LogP contribution in [0.3, 0.4) is 0 Å². The van der Waals surface area contributed by atoms with Crippen LogP contribution in [0.5, 0.6) is 0 Å². The number of anilines is 3. The van der Waals surface area contributed by atoms with Crippen LogP contribution in [0.2, 0.25) is 0 Å². The molecule has 280 valence electrons. The van der Waals surface area contributed by atoms with Gasteiger partial charge in [0.05, 0.1) is 16.7 Å².